The van der Waals surface area contributed by atoms with Gasteiger partial charge in [0.1, 0.15) is 11.6 Å². The molecule has 0 spiro atoms. The highest BCUT2D eigenvalue weighted by molar-refractivity contribution is 9.10. The first-order chi connectivity index (χ1) is 10.5. The molecule has 3 rings (SSSR count). The average Bonchev–Trinajstić information content (AvgIpc) is 2.48. The molecule has 8 heteroatoms. The molecule has 2 heterocycles. The van der Waals surface area contributed by atoms with Gasteiger partial charge in [-0.2, -0.15) is 0 Å². The van der Waals surface area contributed by atoms with Crippen LogP contribution in [0.3, 0.4) is 0 Å². The van der Waals surface area contributed by atoms with Crippen LogP contribution in [0.25, 0.3) is 10.9 Å². The van der Waals surface area contributed by atoms with Crippen molar-refractivity contribution in [3.05, 3.63) is 27.5 Å². The number of hydrogen-bond donors (Lipinski definition) is 1. The zero-order valence-electron chi connectivity index (χ0n) is 11.9. The van der Waals surface area contributed by atoms with Crippen molar-refractivity contribution >= 4 is 50.3 Å². The Morgan fingerprint density at radius 2 is 1.95 bits per heavy atom. The molecule has 1 aromatic carbocycles. The lowest BCUT2D eigenvalue weighted by atomic mass is 10.2. The maximum absolute atomic E-state index is 11.0. The molecule has 0 saturated carbocycles. The molecule has 6 nitrogen and oxygen atoms in total. The molecule has 0 atom stereocenters. The summed E-state index contributed by atoms with van der Waals surface area (Å²) >= 11 is 9.60. The number of piperazine rings is 1. The van der Waals surface area contributed by atoms with Crippen LogP contribution in [0.5, 0.6) is 0 Å². The first-order valence-corrected chi connectivity index (χ1v) is 7.99. The van der Waals surface area contributed by atoms with Gasteiger partial charge in [0.2, 0.25) is 0 Å². The SMILES string of the molecule is Cc1nc(N2CCN(C(=O)O)CC2)c2cc(Cl)c(Br)cc2n1. The van der Waals surface area contributed by atoms with Crippen LogP contribution in [0, 0.1) is 6.92 Å². The molecule has 2 aromatic rings. The van der Waals surface area contributed by atoms with Crippen molar-refractivity contribution in [3.8, 4) is 0 Å². The lowest BCUT2D eigenvalue weighted by molar-refractivity contribution is 0.142. The van der Waals surface area contributed by atoms with Crippen LogP contribution in [-0.4, -0.2) is 52.2 Å². The Bertz CT molecular complexity index is 747. The molecule has 22 heavy (non-hydrogen) atoms. The van der Waals surface area contributed by atoms with E-state index in [1.54, 1.807) is 0 Å². The number of aryl methyl sites for hydroxylation is 1. The molecule has 0 bridgehead atoms. The van der Waals surface area contributed by atoms with Gasteiger partial charge in [-0.05, 0) is 35.0 Å². The molecule has 0 unspecified atom stereocenters. The normalized spacial score (nSPS) is 15.4. The zero-order chi connectivity index (χ0) is 15.9. The second kappa shape index (κ2) is 5.89. The van der Waals surface area contributed by atoms with E-state index in [1.165, 1.54) is 4.90 Å². The fourth-order valence-corrected chi connectivity index (χ4v) is 3.07. The minimum absolute atomic E-state index is 0.462. The van der Waals surface area contributed by atoms with Crippen molar-refractivity contribution in [2.75, 3.05) is 31.1 Å². The van der Waals surface area contributed by atoms with Crippen molar-refractivity contribution in [1.82, 2.24) is 14.9 Å². The van der Waals surface area contributed by atoms with Crippen LogP contribution in [-0.2, 0) is 0 Å². The summed E-state index contributed by atoms with van der Waals surface area (Å²) in [4.78, 5) is 23.5. The Balaban J connectivity index is 2.00. The number of hydrogen-bond acceptors (Lipinski definition) is 4. The molecule has 1 aliphatic rings. The van der Waals surface area contributed by atoms with Gasteiger partial charge in [0.25, 0.3) is 0 Å². The second-order valence-corrected chi connectivity index (χ2v) is 6.40. The summed E-state index contributed by atoms with van der Waals surface area (Å²) in [6.45, 7) is 3.98. The van der Waals surface area contributed by atoms with Crippen LogP contribution in [0.15, 0.2) is 16.6 Å². The van der Waals surface area contributed by atoms with Crippen molar-refractivity contribution in [2.24, 2.45) is 0 Å². The molecule has 0 aliphatic carbocycles. The smallest absolute Gasteiger partial charge is 0.407 e. The standard InChI is InChI=1S/C14H14BrClN4O2/c1-8-17-12-7-10(15)11(16)6-9(12)13(18-8)19-2-4-20(5-3-19)14(21)22/h6-7H,2-5H2,1H3,(H,21,22). The quantitative estimate of drug-likeness (QED) is 0.816. The number of carbonyl (C=O) groups is 1. The van der Waals surface area contributed by atoms with Crippen molar-refractivity contribution < 1.29 is 9.90 Å². The van der Waals surface area contributed by atoms with Gasteiger partial charge in [-0.15, -0.1) is 0 Å². The lowest BCUT2D eigenvalue weighted by Gasteiger charge is -2.34. The van der Waals surface area contributed by atoms with Crippen molar-refractivity contribution in [3.63, 3.8) is 0 Å². The Kier molecular flexibility index (Phi) is 4.10. The van der Waals surface area contributed by atoms with E-state index < -0.39 is 6.09 Å². The summed E-state index contributed by atoms with van der Waals surface area (Å²) in [5, 5.41) is 10.5. The number of anilines is 1. The largest absolute Gasteiger partial charge is 0.465 e. The summed E-state index contributed by atoms with van der Waals surface area (Å²) in [7, 11) is 0. The number of halogens is 2. The summed E-state index contributed by atoms with van der Waals surface area (Å²) in [6.07, 6.45) is -0.879. The highest BCUT2D eigenvalue weighted by Gasteiger charge is 2.23. The van der Waals surface area contributed by atoms with Crippen molar-refractivity contribution in [2.45, 2.75) is 6.92 Å². The molecule has 1 saturated heterocycles. The molecule has 1 aromatic heterocycles. The van der Waals surface area contributed by atoms with E-state index in [2.05, 4.69) is 30.8 Å². The minimum atomic E-state index is -0.879. The van der Waals surface area contributed by atoms with Gasteiger partial charge >= 0.3 is 6.09 Å². The van der Waals surface area contributed by atoms with Gasteiger partial charge in [0.05, 0.1) is 10.5 Å². The predicted octanol–water partition coefficient (Wildman–Crippen LogP) is 3.15. The van der Waals surface area contributed by atoms with Gasteiger partial charge in [-0.3, -0.25) is 0 Å². The lowest BCUT2D eigenvalue weighted by Crippen LogP contribution is -2.48. The second-order valence-electron chi connectivity index (χ2n) is 5.13. The van der Waals surface area contributed by atoms with E-state index in [1.807, 2.05) is 19.1 Å². The number of benzene rings is 1. The average molecular weight is 386 g/mol. The molecule has 1 aliphatic heterocycles. The Labute approximate surface area is 140 Å². The van der Waals surface area contributed by atoms with Crippen LogP contribution in [0.4, 0.5) is 10.6 Å². The fourth-order valence-electron chi connectivity index (χ4n) is 2.57. The van der Waals surface area contributed by atoms with Gasteiger partial charge in [-0.25, -0.2) is 14.8 Å². The van der Waals surface area contributed by atoms with E-state index in [0.717, 1.165) is 21.2 Å². The Morgan fingerprint density at radius 3 is 2.59 bits per heavy atom. The van der Waals surface area contributed by atoms with E-state index in [9.17, 15) is 4.79 Å². The van der Waals surface area contributed by atoms with Crippen LogP contribution >= 0.6 is 27.5 Å². The highest BCUT2D eigenvalue weighted by atomic mass is 79.9. The van der Waals surface area contributed by atoms with Gasteiger partial charge in [0, 0.05) is 36.0 Å². The first-order valence-electron chi connectivity index (χ1n) is 6.82. The highest BCUT2D eigenvalue weighted by Crippen LogP contribution is 2.32. The molecular formula is C14H14BrClN4O2. The monoisotopic (exact) mass is 384 g/mol. The molecule has 1 amide bonds. The number of aromatic nitrogens is 2. The first kappa shape index (κ1) is 15.3. The van der Waals surface area contributed by atoms with Crippen LogP contribution in [0.1, 0.15) is 5.82 Å². The maximum atomic E-state index is 11.0. The van der Waals surface area contributed by atoms with Crippen LogP contribution < -0.4 is 4.90 Å². The van der Waals surface area contributed by atoms with E-state index >= 15 is 0 Å². The number of carboxylic acid groups (broad SMARTS) is 1. The summed E-state index contributed by atoms with van der Waals surface area (Å²) in [5.41, 5.74) is 0.819. The van der Waals surface area contributed by atoms with E-state index in [0.29, 0.717) is 37.0 Å². The number of rotatable bonds is 1. The molecular weight excluding hydrogens is 372 g/mol. The minimum Gasteiger partial charge on any atom is -0.465 e. The number of nitrogens with zero attached hydrogens (tertiary/aromatic N) is 4. The Hall–Kier alpha value is -1.60. The summed E-state index contributed by atoms with van der Waals surface area (Å²) < 4.78 is 0.793. The molecule has 1 N–H and O–H groups in total. The topological polar surface area (TPSA) is 69.6 Å². The van der Waals surface area contributed by atoms with Gasteiger partial charge in [-0.1, -0.05) is 11.6 Å². The number of amides is 1. The van der Waals surface area contributed by atoms with Crippen LogP contribution in [0.2, 0.25) is 5.02 Å². The molecule has 116 valence electrons. The third-order valence-electron chi connectivity index (χ3n) is 3.68. The van der Waals surface area contributed by atoms with E-state index in [-0.39, 0.29) is 0 Å². The fraction of sp³-hybridized carbons (Fsp3) is 0.357. The molecule has 1 fully saturated rings. The Morgan fingerprint density at radius 1 is 1.27 bits per heavy atom. The predicted molar refractivity (Wildman–Crippen MR) is 88.8 cm³/mol. The molecule has 0 radical (unpaired) electrons. The number of fused-ring (bicyclic) bond motifs is 1. The summed E-state index contributed by atoms with van der Waals surface area (Å²) in [6, 6.07) is 3.72. The zero-order valence-corrected chi connectivity index (χ0v) is 14.2. The third-order valence-corrected chi connectivity index (χ3v) is 4.88. The maximum Gasteiger partial charge on any atom is 0.407 e. The summed E-state index contributed by atoms with van der Waals surface area (Å²) in [5.74, 6) is 1.49. The third kappa shape index (κ3) is 2.83. The van der Waals surface area contributed by atoms with Crippen molar-refractivity contribution in [1.29, 1.82) is 0 Å². The van der Waals surface area contributed by atoms with E-state index in [4.69, 9.17) is 16.7 Å². The van der Waals surface area contributed by atoms with Gasteiger partial charge < -0.3 is 14.9 Å². The van der Waals surface area contributed by atoms with Gasteiger partial charge in [0.15, 0.2) is 0 Å².